The molecule has 402 valence electrons. The maximum Gasteiger partial charge on any atom is 0.412 e. The number of thiol groups is 1. The van der Waals surface area contributed by atoms with Gasteiger partial charge in [0.1, 0.15) is 55.8 Å². The number of halogens is 1. The van der Waals surface area contributed by atoms with Gasteiger partial charge in [-0.2, -0.15) is 0 Å². The van der Waals surface area contributed by atoms with Gasteiger partial charge in [0.05, 0.1) is 85.3 Å². The molecule has 0 spiro atoms. The van der Waals surface area contributed by atoms with Crippen LogP contribution in [0.1, 0.15) is 25.8 Å². The molecule has 0 aromatic carbocycles. The summed E-state index contributed by atoms with van der Waals surface area (Å²) in [7, 11) is 1.56. The second-order valence-electron chi connectivity index (χ2n) is 16.4. The maximum atomic E-state index is 16.2. The van der Waals surface area contributed by atoms with Crippen LogP contribution >= 0.6 is 25.8 Å². The zero-order valence-corrected chi connectivity index (χ0v) is 42.9. The van der Waals surface area contributed by atoms with E-state index in [0.717, 1.165) is 17.5 Å². The topological polar surface area (TPSA) is 339 Å². The molecule has 29 nitrogen and oxygen atoms in total. The number of imidazole rings is 2. The van der Waals surface area contributed by atoms with Crippen molar-refractivity contribution in [2.45, 2.75) is 50.3 Å². The van der Waals surface area contributed by atoms with Crippen molar-refractivity contribution in [3.05, 3.63) is 49.5 Å². The summed E-state index contributed by atoms with van der Waals surface area (Å²) in [6, 6.07) is 0. The van der Waals surface area contributed by atoms with Gasteiger partial charge in [-0.05, 0) is 0 Å². The molecule has 74 heavy (non-hydrogen) atoms. The van der Waals surface area contributed by atoms with Crippen LogP contribution in [0.3, 0.4) is 0 Å². The summed E-state index contributed by atoms with van der Waals surface area (Å²) in [5, 5.41) is 2.53. The molecule has 2 unspecified atom stereocenters. The Morgan fingerprint density at radius 2 is 1.53 bits per heavy atom. The fraction of sp³-hybridized carbons (Fsp3) is 0.550. The number of alkyl halides is 1. The molecule has 4 amide bonds. The predicted octanol–water partition coefficient (Wildman–Crippen LogP) is 1.95. The molecule has 34 heteroatoms. The molecule has 4 aromatic rings. The Morgan fingerprint density at radius 3 is 2.23 bits per heavy atom. The quantitative estimate of drug-likeness (QED) is 0.0401. The zero-order chi connectivity index (χ0) is 52.6. The van der Waals surface area contributed by atoms with E-state index in [1.54, 1.807) is 14.0 Å². The molecular formula is C40H51FN12O17P2S2. The standard InChI is InChI=1S/C40H51FN12O17P2S2/c1-23-32-24(17-65-72(59,74)70-33-25(18-66-71(58,73)69-32)68-39(29(33)41)53-21-47-30-34(42)43-19-45-36(30)53)67-38(23)52-22-48-31-35(44-20-46-37(31)52)49-40(57)64-10-6-50(2)26(54)5-8-60-11-13-62-15-16-63-14-12-61-9-7-51-27(55)3-4-28(51)56/h3-4,18-24,29,32-33,38-39H,5-17H2,1-2H3,(H,58,73)(H,59,74)(H2,42,43,45)(H,44,46,49,57)/b25-18-/t23-,24-,29-,32+,33-,38-,39-,71?,72?/m1/s1. The lowest BCUT2D eigenvalue weighted by Crippen LogP contribution is -2.33. The van der Waals surface area contributed by atoms with E-state index in [1.165, 1.54) is 45.2 Å². The van der Waals surface area contributed by atoms with Crippen molar-refractivity contribution in [3.8, 4) is 0 Å². The Bertz CT molecular complexity index is 2830. The Balaban J connectivity index is 0.763. The highest BCUT2D eigenvalue weighted by Crippen LogP contribution is 2.59. The van der Waals surface area contributed by atoms with Crippen LogP contribution in [0.25, 0.3) is 22.3 Å². The minimum absolute atomic E-state index is 0.0127. The molecular weight excluding hydrogens is 1070 g/mol. The largest absolute Gasteiger partial charge is 0.465 e. The molecule has 4 N–H and O–H groups in total. The summed E-state index contributed by atoms with van der Waals surface area (Å²) in [4.78, 5) is 87.3. The molecule has 8 rings (SSSR count). The zero-order valence-electron chi connectivity index (χ0n) is 39.4. The van der Waals surface area contributed by atoms with Crippen molar-refractivity contribution in [2.75, 3.05) is 97.3 Å². The van der Waals surface area contributed by atoms with E-state index < -0.39 is 69.1 Å². The number of hydrogen-bond donors (Lipinski definition) is 4. The number of carbonyl (C=O) groups is 4. The first-order valence-corrected chi connectivity index (χ1v) is 27.9. The Morgan fingerprint density at radius 1 is 0.905 bits per heavy atom. The summed E-state index contributed by atoms with van der Waals surface area (Å²) in [5.41, 5.74) is 6.53. The molecule has 9 atom stereocenters. The number of ether oxygens (including phenoxy) is 7. The number of imide groups is 1. The number of amides is 4. The first kappa shape index (κ1) is 54.9. The lowest BCUT2D eigenvalue weighted by molar-refractivity contribution is -0.137. The van der Waals surface area contributed by atoms with E-state index in [2.05, 4.69) is 47.5 Å². The van der Waals surface area contributed by atoms with E-state index >= 15 is 4.39 Å². The van der Waals surface area contributed by atoms with Crippen LogP contribution in [0.4, 0.5) is 20.8 Å². The van der Waals surface area contributed by atoms with Gasteiger partial charge in [0.15, 0.2) is 46.5 Å². The van der Waals surface area contributed by atoms with Gasteiger partial charge in [-0.1, -0.05) is 19.2 Å². The Hall–Kier alpha value is -5.34. The van der Waals surface area contributed by atoms with E-state index in [1.807, 2.05) is 0 Å². The lowest BCUT2D eigenvalue weighted by Gasteiger charge is -2.27. The number of nitrogens with two attached hydrogens (primary N) is 1. The second-order valence-corrected chi connectivity index (χ2v) is 22.0. The number of fused-ring (bicyclic) bond motifs is 4. The van der Waals surface area contributed by atoms with Crippen molar-refractivity contribution in [3.63, 3.8) is 0 Å². The highest BCUT2D eigenvalue weighted by Gasteiger charge is 2.51. The number of nitrogen functional groups attached to an aromatic ring is 1. The van der Waals surface area contributed by atoms with Crippen molar-refractivity contribution in [1.29, 1.82) is 0 Å². The second kappa shape index (κ2) is 24.6. The van der Waals surface area contributed by atoms with Gasteiger partial charge in [0.25, 0.3) is 11.8 Å². The summed E-state index contributed by atoms with van der Waals surface area (Å²) < 4.78 is 94.6. The first-order chi connectivity index (χ1) is 35.5. The molecule has 2 fully saturated rings. The van der Waals surface area contributed by atoms with Crippen molar-refractivity contribution < 1.29 is 84.3 Å². The van der Waals surface area contributed by atoms with Crippen LogP contribution in [0.15, 0.2) is 49.5 Å². The maximum absolute atomic E-state index is 16.2. The smallest absolute Gasteiger partial charge is 0.412 e. The van der Waals surface area contributed by atoms with E-state index in [4.69, 9.17) is 68.8 Å². The van der Waals surface area contributed by atoms with Crippen LogP contribution in [0, 0.1) is 5.92 Å². The number of hydrogen-bond acceptors (Lipinski definition) is 24. The van der Waals surface area contributed by atoms with Crippen molar-refractivity contribution in [2.24, 2.45) is 5.92 Å². The number of carbonyl (C=O) groups excluding carboxylic acids is 4. The minimum atomic E-state index is -4.43. The molecule has 0 aliphatic carbocycles. The van der Waals surface area contributed by atoms with E-state index in [0.29, 0.717) is 26.4 Å². The van der Waals surface area contributed by atoms with Gasteiger partial charge in [-0.3, -0.25) is 47.3 Å². The van der Waals surface area contributed by atoms with E-state index in [-0.39, 0.29) is 110 Å². The third-order valence-electron chi connectivity index (χ3n) is 11.5. The predicted molar refractivity (Wildman–Crippen MR) is 257 cm³/mol. The summed E-state index contributed by atoms with van der Waals surface area (Å²) in [6.45, 7) is -5.21. The molecule has 4 aliphatic heterocycles. The van der Waals surface area contributed by atoms with Gasteiger partial charge < -0.3 is 53.2 Å². The third-order valence-corrected chi connectivity index (χ3v) is 14.5. The molecule has 2 saturated heterocycles. The average molecular weight is 1120 g/mol. The SMILES string of the molecule is C[C@@H]1[C@@H]2OP(O)(=S)O/C=C3\O[C@@H](n4cnc5c(N)ncnc54)[C@H](F)[C@@H]3OP(=O)(S)OC[C@H]2O[C@H]1n1cnc2c(NC(=O)OCCN(C)C(=O)CCOCCOCCOCCOCCN3C(=O)C=CC3=O)ncnc21. The summed E-state index contributed by atoms with van der Waals surface area (Å²) in [6.07, 6.45) is -1.12. The molecule has 4 aromatic heterocycles. The number of likely N-dealkylation sites (N-methyl/N-ethyl adjacent to an activating group) is 1. The van der Waals surface area contributed by atoms with Crippen LogP contribution in [0.2, 0.25) is 0 Å². The van der Waals surface area contributed by atoms with Crippen molar-refractivity contribution in [1.82, 2.24) is 48.8 Å². The van der Waals surface area contributed by atoms with Gasteiger partial charge in [-0.25, -0.2) is 43.7 Å². The fourth-order valence-corrected chi connectivity index (χ4v) is 10.5. The Kier molecular flexibility index (Phi) is 18.2. The van der Waals surface area contributed by atoms with Crippen LogP contribution < -0.4 is 11.1 Å². The van der Waals surface area contributed by atoms with E-state index in [9.17, 15) is 28.6 Å². The highest BCUT2D eigenvalue weighted by molar-refractivity contribution is 8.44. The molecule has 0 radical (unpaired) electrons. The number of rotatable bonds is 21. The fourth-order valence-electron chi connectivity index (χ4n) is 7.77. The molecule has 8 heterocycles. The molecule has 0 bridgehead atoms. The van der Waals surface area contributed by atoms with Crippen molar-refractivity contribution >= 4 is 95.3 Å². The Labute approximate surface area is 430 Å². The number of aromatic nitrogens is 8. The number of nitrogens with one attached hydrogen (secondary N) is 1. The van der Waals surface area contributed by atoms with Gasteiger partial charge >= 0.3 is 19.6 Å². The lowest BCUT2D eigenvalue weighted by atomic mass is 10.0. The van der Waals surface area contributed by atoms with Crippen LogP contribution in [0.5, 0.6) is 0 Å². The highest BCUT2D eigenvalue weighted by atomic mass is 32.7. The monoisotopic (exact) mass is 1120 g/mol. The normalized spacial score (nSPS) is 27.7. The van der Waals surface area contributed by atoms with Crippen LogP contribution in [-0.4, -0.2) is 188 Å². The van der Waals surface area contributed by atoms with Crippen LogP contribution in [-0.2, 0) is 82.0 Å². The minimum Gasteiger partial charge on any atom is -0.465 e. The van der Waals surface area contributed by atoms with Gasteiger partial charge in [0, 0.05) is 36.9 Å². The average Bonchev–Trinajstić information content (AvgIpc) is 4.19. The summed E-state index contributed by atoms with van der Waals surface area (Å²) >= 11 is 9.46. The number of anilines is 2. The molecule has 0 saturated carbocycles. The van der Waals surface area contributed by atoms with Gasteiger partial charge in [-0.15, -0.1) is 0 Å². The third kappa shape index (κ3) is 13.4. The van der Waals surface area contributed by atoms with Gasteiger partial charge in [0.2, 0.25) is 12.1 Å². The number of nitrogens with zero attached hydrogens (tertiary/aromatic N) is 10. The summed E-state index contributed by atoms with van der Waals surface area (Å²) in [5.74, 6) is -1.97. The first-order valence-electron chi connectivity index (χ1n) is 22.6. The molecule has 4 aliphatic rings.